The number of benzene rings is 1. The molecule has 74 valence electrons. The molecule has 0 bridgehead atoms. The van der Waals surface area contributed by atoms with Gasteiger partial charge in [-0.25, -0.2) is 4.68 Å². The molecule has 0 N–H and O–H groups in total. The van der Waals surface area contributed by atoms with E-state index in [1.165, 1.54) is 0 Å². The topological polar surface area (TPSA) is 17.8 Å². The number of hydrogen-bond acceptors (Lipinski definition) is 1. The monoisotopic (exact) mass is 196 g/mol. The lowest BCUT2D eigenvalue weighted by atomic mass is 10.0. The summed E-state index contributed by atoms with van der Waals surface area (Å²) in [6.07, 6.45) is 9.05. The molecule has 0 aliphatic rings. The zero-order chi connectivity index (χ0) is 10.7. The zero-order valence-corrected chi connectivity index (χ0v) is 8.59. The minimum absolute atomic E-state index is 0.164. The molecule has 1 heterocycles. The minimum atomic E-state index is 0.164. The van der Waals surface area contributed by atoms with Crippen molar-refractivity contribution >= 4 is 0 Å². The lowest BCUT2D eigenvalue weighted by Crippen LogP contribution is -1.95. The summed E-state index contributed by atoms with van der Waals surface area (Å²) in [5.74, 6) is 2.88. The van der Waals surface area contributed by atoms with Crippen LogP contribution in [0.1, 0.15) is 18.4 Å². The van der Waals surface area contributed by atoms with Crippen LogP contribution in [-0.4, -0.2) is 9.78 Å². The molecule has 1 atom stereocenters. The van der Waals surface area contributed by atoms with Gasteiger partial charge < -0.3 is 0 Å². The maximum atomic E-state index is 5.37. The van der Waals surface area contributed by atoms with E-state index >= 15 is 0 Å². The van der Waals surface area contributed by atoms with E-state index in [9.17, 15) is 0 Å². The van der Waals surface area contributed by atoms with E-state index < -0.39 is 0 Å². The molecule has 0 aliphatic carbocycles. The van der Waals surface area contributed by atoms with Crippen molar-refractivity contribution in [3.05, 3.63) is 48.3 Å². The molecule has 0 radical (unpaired) electrons. The van der Waals surface area contributed by atoms with Gasteiger partial charge in [0.25, 0.3) is 0 Å². The Kier molecular flexibility index (Phi) is 2.55. The second-order valence-electron chi connectivity index (χ2n) is 3.43. The molecule has 0 saturated carbocycles. The molecule has 0 spiro atoms. The molecular formula is C13H12N2. The Morgan fingerprint density at radius 2 is 2.07 bits per heavy atom. The van der Waals surface area contributed by atoms with Crippen LogP contribution < -0.4 is 0 Å². The number of rotatable bonds is 2. The Morgan fingerprint density at radius 3 is 2.60 bits per heavy atom. The molecule has 0 amide bonds. The third kappa shape index (κ3) is 1.92. The van der Waals surface area contributed by atoms with Crippen molar-refractivity contribution in [2.24, 2.45) is 0 Å². The van der Waals surface area contributed by atoms with Crippen LogP contribution in [0.25, 0.3) is 5.69 Å². The van der Waals surface area contributed by atoms with Crippen LogP contribution in [0.3, 0.4) is 0 Å². The van der Waals surface area contributed by atoms with Crippen molar-refractivity contribution < 1.29 is 0 Å². The summed E-state index contributed by atoms with van der Waals surface area (Å²) in [6.45, 7) is 2.02. The van der Waals surface area contributed by atoms with E-state index in [4.69, 9.17) is 6.42 Å². The van der Waals surface area contributed by atoms with Crippen molar-refractivity contribution in [2.75, 3.05) is 0 Å². The SMILES string of the molecule is C#CC(C)c1ccc(-n2cccn2)cc1. The second kappa shape index (κ2) is 4.02. The lowest BCUT2D eigenvalue weighted by molar-refractivity contribution is 0.877. The predicted octanol–water partition coefficient (Wildman–Crippen LogP) is 2.61. The maximum Gasteiger partial charge on any atom is 0.0645 e. The number of hydrogen-bond donors (Lipinski definition) is 0. The first-order valence-electron chi connectivity index (χ1n) is 4.87. The fraction of sp³-hybridized carbons (Fsp3) is 0.154. The van der Waals surface area contributed by atoms with Crippen LogP contribution in [0.4, 0.5) is 0 Å². The van der Waals surface area contributed by atoms with Crippen LogP contribution >= 0.6 is 0 Å². The predicted molar refractivity (Wildman–Crippen MR) is 60.8 cm³/mol. The molecule has 0 fully saturated rings. The Bertz CT molecular complexity index is 460. The average Bonchev–Trinajstić information content (AvgIpc) is 2.82. The maximum absolute atomic E-state index is 5.37. The van der Waals surface area contributed by atoms with Gasteiger partial charge in [-0.15, -0.1) is 6.42 Å². The first kappa shape index (κ1) is 9.54. The number of aromatic nitrogens is 2. The minimum Gasteiger partial charge on any atom is -0.241 e. The first-order chi connectivity index (χ1) is 7.31. The molecule has 0 saturated heterocycles. The first-order valence-corrected chi connectivity index (χ1v) is 4.87. The summed E-state index contributed by atoms with van der Waals surface area (Å²) >= 11 is 0. The highest BCUT2D eigenvalue weighted by molar-refractivity contribution is 5.36. The van der Waals surface area contributed by atoms with Gasteiger partial charge in [0.1, 0.15) is 0 Å². The van der Waals surface area contributed by atoms with Crippen molar-refractivity contribution in [2.45, 2.75) is 12.8 Å². The van der Waals surface area contributed by atoms with Crippen molar-refractivity contribution in [3.63, 3.8) is 0 Å². The Balaban J connectivity index is 2.30. The van der Waals surface area contributed by atoms with Gasteiger partial charge in [0, 0.05) is 18.3 Å². The smallest absolute Gasteiger partial charge is 0.0645 e. The summed E-state index contributed by atoms with van der Waals surface area (Å²) in [7, 11) is 0. The Morgan fingerprint density at radius 1 is 1.33 bits per heavy atom. The van der Waals surface area contributed by atoms with Gasteiger partial charge >= 0.3 is 0 Å². The van der Waals surface area contributed by atoms with Crippen molar-refractivity contribution in [3.8, 4) is 18.0 Å². The van der Waals surface area contributed by atoms with E-state index in [1.54, 1.807) is 6.20 Å². The van der Waals surface area contributed by atoms with Crippen LogP contribution in [0.15, 0.2) is 42.7 Å². The van der Waals surface area contributed by atoms with Gasteiger partial charge in [-0.2, -0.15) is 5.10 Å². The summed E-state index contributed by atoms with van der Waals surface area (Å²) in [4.78, 5) is 0. The molecule has 2 rings (SSSR count). The highest BCUT2D eigenvalue weighted by Gasteiger charge is 2.01. The Labute approximate surface area is 89.6 Å². The lowest BCUT2D eigenvalue weighted by Gasteiger charge is -2.06. The van der Waals surface area contributed by atoms with Gasteiger partial charge in [-0.1, -0.05) is 18.1 Å². The summed E-state index contributed by atoms with van der Waals surface area (Å²) in [6, 6.07) is 10.0. The van der Waals surface area contributed by atoms with Crippen LogP contribution in [-0.2, 0) is 0 Å². The molecule has 2 nitrogen and oxygen atoms in total. The number of terminal acetylenes is 1. The number of nitrogens with zero attached hydrogens (tertiary/aromatic N) is 2. The average molecular weight is 196 g/mol. The largest absolute Gasteiger partial charge is 0.241 e. The second-order valence-corrected chi connectivity index (χ2v) is 3.43. The summed E-state index contributed by atoms with van der Waals surface area (Å²) in [5, 5.41) is 4.16. The molecule has 2 aromatic rings. The molecule has 1 aromatic carbocycles. The molecule has 15 heavy (non-hydrogen) atoms. The van der Waals surface area contributed by atoms with Gasteiger partial charge in [0.05, 0.1) is 5.69 Å². The third-order valence-electron chi connectivity index (χ3n) is 2.41. The van der Waals surface area contributed by atoms with Gasteiger partial charge in [0.2, 0.25) is 0 Å². The molecular weight excluding hydrogens is 184 g/mol. The van der Waals surface area contributed by atoms with E-state index in [0.717, 1.165) is 11.3 Å². The normalized spacial score (nSPS) is 12.0. The molecule has 2 heteroatoms. The molecule has 1 aromatic heterocycles. The van der Waals surface area contributed by atoms with Gasteiger partial charge in [-0.05, 0) is 30.7 Å². The van der Waals surface area contributed by atoms with Gasteiger partial charge in [0.15, 0.2) is 0 Å². The fourth-order valence-electron chi connectivity index (χ4n) is 1.43. The standard InChI is InChI=1S/C13H12N2/c1-3-11(2)12-5-7-13(8-6-12)15-10-4-9-14-15/h1,4-11H,2H3. The van der Waals surface area contributed by atoms with Crippen molar-refractivity contribution in [1.29, 1.82) is 0 Å². The van der Waals surface area contributed by atoms with E-state index in [0.29, 0.717) is 0 Å². The van der Waals surface area contributed by atoms with Crippen molar-refractivity contribution in [1.82, 2.24) is 9.78 Å². The molecule has 0 aliphatic heterocycles. The van der Waals surface area contributed by atoms with Crippen LogP contribution in [0.5, 0.6) is 0 Å². The summed E-state index contributed by atoms with van der Waals surface area (Å²) < 4.78 is 1.82. The van der Waals surface area contributed by atoms with Gasteiger partial charge in [-0.3, -0.25) is 0 Å². The summed E-state index contributed by atoms with van der Waals surface area (Å²) in [5.41, 5.74) is 2.21. The van der Waals surface area contributed by atoms with E-state index in [1.807, 2.05) is 48.1 Å². The van der Waals surface area contributed by atoms with Crippen LogP contribution in [0, 0.1) is 12.3 Å². The fourth-order valence-corrected chi connectivity index (χ4v) is 1.43. The van der Waals surface area contributed by atoms with E-state index in [2.05, 4.69) is 11.0 Å². The highest BCUT2D eigenvalue weighted by atomic mass is 15.3. The Hall–Kier alpha value is -2.01. The quantitative estimate of drug-likeness (QED) is 0.675. The molecule has 1 unspecified atom stereocenters. The van der Waals surface area contributed by atoms with E-state index in [-0.39, 0.29) is 5.92 Å². The van der Waals surface area contributed by atoms with Crippen LogP contribution in [0.2, 0.25) is 0 Å². The highest BCUT2D eigenvalue weighted by Crippen LogP contribution is 2.16. The third-order valence-corrected chi connectivity index (χ3v) is 2.41. The zero-order valence-electron chi connectivity index (χ0n) is 8.59.